The summed E-state index contributed by atoms with van der Waals surface area (Å²) >= 11 is 0. The van der Waals surface area contributed by atoms with Crippen molar-refractivity contribution in [1.29, 1.82) is 0 Å². The third kappa shape index (κ3) is 1.97. The minimum atomic E-state index is 0.726. The highest BCUT2D eigenvalue weighted by Gasteiger charge is 2.09. The van der Waals surface area contributed by atoms with Crippen LogP contribution in [-0.2, 0) is 0 Å². The maximum absolute atomic E-state index is 8.67. The van der Waals surface area contributed by atoms with Crippen molar-refractivity contribution in [3.8, 4) is 0 Å². The van der Waals surface area contributed by atoms with Gasteiger partial charge in [0.15, 0.2) is 0 Å². The fourth-order valence-corrected chi connectivity index (χ4v) is 1.67. The Labute approximate surface area is 83.5 Å². The van der Waals surface area contributed by atoms with E-state index in [4.69, 9.17) is 5.21 Å². The molecule has 76 valence electrons. The van der Waals surface area contributed by atoms with Gasteiger partial charge in [0.05, 0.1) is 5.69 Å². The van der Waals surface area contributed by atoms with Crippen LogP contribution in [0.3, 0.4) is 0 Å². The largest absolute Gasteiger partial charge is 0.369 e. The summed E-state index contributed by atoms with van der Waals surface area (Å²) in [6, 6.07) is 7.78. The molecule has 0 bridgehead atoms. The highest BCUT2D eigenvalue weighted by molar-refractivity contribution is 5.54. The van der Waals surface area contributed by atoms with Gasteiger partial charge in [-0.2, -0.15) is 0 Å². The number of benzene rings is 1. The summed E-state index contributed by atoms with van der Waals surface area (Å²) in [5, 5.41) is 12.0. The normalized spacial score (nSPS) is 16.8. The molecule has 3 N–H and O–H groups in total. The van der Waals surface area contributed by atoms with E-state index in [0.717, 1.165) is 31.9 Å². The van der Waals surface area contributed by atoms with Gasteiger partial charge in [0, 0.05) is 31.9 Å². The van der Waals surface area contributed by atoms with Crippen molar-refractivity contribution >= 4 is 11.4 Å². The van der Waals surface area contributed by atoms with Crippen LogP contribution in [0.1, 0.15) is 0 Å². The van der Waals surface area contributed by atoms with Crippen molar-refractivity contribution in [3.05, 3.63) is 24.3 Å². The Morgan fingerprint density at radius 1 is 1.14 bits per heavy atom. The van der Waals surface area contributed by atoms with Gasteiger partial charge in [-0.1, -0.05) is 0 Å². The summed E-state index contributed by atoms with van der Waals surface area (Å²) in [4.78, 5) is 2.33. The van der Waals surface area contributed by atoms with Gasteiger partial charge >= 0.3 is 0 Å². The molecule has 4 nitrogen and oxygen atoms in total. The number of hydrogen-bond acceptors (Lipinski definition) is 4. The van der Waals surface area contributed by atoms with Gasteiger partial charge in [-0.25, -0.2) is 0 Å². The van der Waals surface area contributed by atoms with Crippen LogP contribution in [0.5, 0.6) is 0 Å². The second-order valence-corrected chi connectivity index (χ2v) is 3.40. The van der Waals surface area contributed by atoms with Crippen molar-refractivity contribution < 1.29 is 5.21 Å². The first-order valence-electron chi connectivity index (χ1n) is 4.86. The van der Waals surface area contributed by atoms with E-state index in [0.29, 0.717) is 0 Å². The average molecular weight is 193 g/mol. The topological polar surface area (TPSA) is 47.5 Å². The number of nitrogens with one attached hydrogen (secondary N) is 2. The molecule has 1 saturated heterocycles. The van der Waals surface area contributed by atoms with Crippen LogP contribution in [-0.4, -0.2) is 31.4 Å². The predicted molar refractivity (Wildman–Crippen MR) is 56.9 cm³/mol. The molecular formula is C10H15N3O. The van der Waals surface area contributed by atoms with E-state index in [1.165, 1.54) is 5.69 Å². The van der Waals surface area contributed by atoms with Crippen molar-refractivity contribution in [2.24, 2.45) is 0 Å². The van der Waals surface area contributed by atoms with E-state index in [1.54, 1.807) is 0 Å². The standard InChI is InChI=1S/C10H15N3O/c14-12-9-1-3-10(4-2-9)13-7-5-11-6-8-13/h1-4,11-12,14H,5-8H2. The number of anilines is 2. The zero-order chi connectivity index (χ0) is 9.80. The van der Waals surface area contributed by atoms with Gasteiger partial charge in [0.25, 0.3) is 0 Å². The van der Waals surface area contributed by atoms with Crippen LogP contribution in [0, 0.1) is 0 Å². The number of hydrogen-bond donors (Lipinski definition) is 3. The van der Waals surface area contributed by atoms with Gasteiger partial charge < -0.3 is 10.2 Å². The Balaban J connectivity index is 2.07. The molecule has 0 unspecified atom stereocenters. The molecule has 14 heavy (non-hydrogen) atoms. The SMILES string of the molecule is ONc1ccc(N2CCNCC2)cc1. The molecule has 1 heterocycles. The molecule has 0 radical (unpaired) electrons. The third-order valence-electron chi connectivity index (χ3n) is 2.48. The van der Waals surface area contributed by atoms with Crippen LogP contribution in [0.25, 0.3) is 0 Å². The first kappa shape index (κ1) is 9.30. The van der Waals surface area contributed by atoms with Crippen LogP contribution in [0.2, 0.25) is 0 Å². The van der Waals surface area contributed by atoms with Gasteiger partial charge in [-0.05, 0) is 24.3 Å². The highest BCUT2D eigenvalue weighted by atomic mass is 16.5. The van der Waals surface area contributed by atoms with Crippen molar-refractivity contribution in [1.82, 2.24) is 5.32 Å². The maximum Gasteiger partial charge on any atom is 0.0603 e. The molecule has 0 aliphatic carbocycles. The third-order valence-corrected chi connectivity index (χ3v) is 2.48. The molecule has 2 rings (SSSR count). The van der Waals surface area contributed by atoms with Crippen molar-refractivity contribution in [2.45, 2.75) is 0 Å². The second-order valence-electron chi connectivity index (χ2n) is 3.40. The molecule has 0 saturated carbocycles. The van der Waals surface area contributed by atoms with E-state index in [9.17, 15) is 0 Å². The lowest BCUT2D eigenvalue weighted by Crippen LogP contribution is -2.43. The first-order chi connectivity index (χ1) is 6.90. The Hall–Kier alpha value is -1.26. The van der Waals surface area contributed by atoms with Gasteiger partial charge in [0.2, 0.25) is 0 Å². The number of rotatable bonds is 2. The lowest BCUT2D eigenvalue weighted by molar-refractivity contribution is 0.389. The maximum atomic E-state index is 8.67. The summed E-state index contributed by atoms with van der Waals surface area (Å²) in [6.07, 6.45) is 0. The summed E-state index contributed by atoms with van der Waals surface area (Å²) < 4.78 is 0. The molecular weight excluding hydrogens is 178 g/mol. The molecule has 1 fully saturated rings. The molecule has 0 spiro atoms. The number of nitrogens with zero attached hydrogens (tertiary/aromatic N) is 1. The first-order valence-corrected chi connectivity index (χ1v) is 4.86. The van der Waals surface area contributed by atoms with E-state index in [2.05, 4.69) is 15.7 Å². The van der Waals surface area contributed by atoms with Gasteiger partial charge in [0.1, 0.15) is 0 Å². The quantitative estimate of drug-likeness (QED) is 0.611. The average Bonchev–Trinajstić information content (AvgIpc) is 2.30. The van der Waals surface area contributed by atoms with Crippen LogP contribution in [0.15, 0.2) is 24.3 Å². The van der Waals surface area contributed by atoms with E-state index in [-0.39, 0.29) is 0 Å². The zero-order valence-corrected chi connectivity index (χ0v) is 8.03. The Morgan fingerprint density at radius 3 is 2.36 bits per heavy atom. The summed E-state index contributed by atoms with van der Waals surface area (Å²) in [5.74, 6) is 0. The summed E-state index contributed by atoms with van der Waals surface area (Å²) in [5.41, 5.74) is 4.07. The molecule has 1 aromatic rings. The monoisotopic (exact) mass is 193 g/mol. The van der Waals surface area contributed by atoms with Gasteiger partial charge in [-0.15, -0.1) is 0 Å². The Kier molecular flexibility index (Phi) is 2.86. The Bertz CT molecular complexity index is 280. The zero-order valence-electron chi connectivity index (χ0n) is 8.03. The molecule has 4 heteroatoms. The van der Waals surface area contributed by atoms with Crippen LogP contribution in [0.4, 0.5) is 11.4 Å². The van der Waals surface area contributed by atoms with Crippen LogP contribution < -0.4 is 15.7 Å². The second kappa shape index (κ2) is 4.30. The lowest BCUT2D eigenvalue weighted by Gasteiger charge is -2.29. The van der Waals surface area contributed by atoms with Crippen molar-refractivity contribution in [2.75, 3.05) is 36.6 Å². The molecule has 0 amide bonds. The number of piperazine rings is 1. The fraction of sp³-hybridized carbons (Fsp3) is 0.400. The fourth-order valence-electron chi connectivity index (χ4n) is 1.67. The van der Waals surface area contributed by atoms with E-state index in [1.807, 2.05) is 24.3 Å². The van der Waals surface area contributed by atoms with Gasteiger partial charge in [-0.3, -0.25) is 10.7 Å². The summed E-state index contributed by atoms with van der Waals surface area (Å²) in [7, 11) is 0. The predicted octanol–water partition coefficient (Wildman–Crippen LogP) is 0.897. The smallest absolute Gasteiger partial charge is 0.0603 e. The molecule has 0 atom stereocenters. The Morgan fingerprint density at radius 2 is 1.79 bits per heavy atom. The highest BCUT2D eigenvalue weighted by Crippen LogP contribution is 2.17. The van der Waals surface area contributed by atoms with Crippen molar-refractivity contribution in [3.63, 3.8) is 0 Å². The summed E-state index contributed by atoms with van der Waals surface area (Å²) in [6.45, 7) is 4.18. The molecule has 1 aromatic carbocycles. The van der Waals surface area contributed by atoms with E-state index < -0.39 is 0 Å². The molecule has 1 aliphatic rings. The lowest BCUT2D eigenvalue weighted by atomic mass is 10.2. The van der Waals surface area contributed by atoms with Crippen LogP contribution >= 0.6 is 0 Å². The minimum absolute atomic E-state index is 0.726. The molecule has 0 aromatic heterocycles. The minimum Gasteiger partial charge on any atom is -0.369 e. The van der Waals surface area contributed by atoms with E-state index >= 15 is 0 Å². The molecule has 1 aliphatic heterocycles.